The van der Waals surface area contributed by atoms with Crippen LogP contribution < -0.4 is 5.32 Å². The van der Waals surface area contributed by atoms with Crippen LogP contribution in [0.3, 0.4) is 0 Å². The molecule has 4 nitrogen and oxygen atoms in total. The Balaban J connectivity index is 1.67. The molecule has 3 aromatic carbocycles. The monoisotopic (exact) mass is 375 g/mol. The Morgan fingerprint density at radius 1 is 0.963 bits per heavy atom. The highest BCUT2D eigenvalue weighted by Gasteiger charge is 2.21. The van der Waals surface area contributed by atoms with Gasteiger partial charge in [0, 0.05) is 0 Å². The van der Waals surface area contributed by atoms with Crippen LogP contribution in [0.25, 0.3) is 11.0 Å². The van der Waals surface area contributed by atoms with Crippen molar-refractivity contribution in [3.8, 4) is 0 Å². The summed E-state index contributed by atoms with van der Waals surface area (Å²) in [7, 11) is 0. The summed E-state index contributed by atoms with van der Waals surface area (Å²) in [4.78, 5) is 20.8. The molecule has 1 atom stereocenters. The van der Waals surface area contributed by atoms with Crippen molar-refractivity contribution in [2.45, 2.75) is 12.5 Å². The predicted molar refractivity (Wildman–Crippen MR) is 108 cm³/mol. The Kier molecular flexibility index (Phi) is 4.90. The summed E-state index contributed by atoms with van der Waals surface area (Å²) >= 11 is 6.19. The number of fused-ring (bicyclic) bond motifs is 1. The number of para-hydroxylation sites is 2. The lowest BCUT2D eigenvalue weighted by Crippen LogP contribution is -2.31. The van der Waals surface area contributed by atoms with Gasteiger partial charge in [-0.25, -0.2) is 4.98 Å². The maximum absolute atomic E-state index is 12.8. The van der Waals surface area contributed by atoms with Gasteiger partial charge in [0.05, 0.1) is 27.7 Å². The number of nitrogens with zero attached hydrogens (tertiary/aromatic N) is 1. The van der Waals surface area contributed by atoms with Crippen molar-refractivity contribution in [3.63, 3.8) is 0 Å². The van der Waals surface area contributed by atoms with E-state index in [2.05, 4.69) is 15.3 Å². The first-order valence-electron chi connectivity index (χ1n) is 8.74. The van der Waals surface area contributed by atoms with E-state index in [9.17, 15) is 4.79 Å². The van der Waals surface area contributed by atoms with Crippen LogP contribution in [-0.2, 0) is 6.42 Å². The van der Waals surface area contributed by atoms with Gasteiger partial charge < -0.3 is 10.3 Å². The number of rotatable bonds is 5. The van der Waals surface area contributed by atoms with Gasteiger partial charge in [-0.2, -0.15) is 0 Å². The number of benzene rings is 3. The van der Waals surface area contributed by atoms with Crippen LogP contribution >= 0.6 is 11.6 Å². The molecule has 1 heterocycles. The van der Waals surface area contributed by atoms with Crippen molar-refractivity contribution < 1.29 is 4.79 Å². The number of halogens is 1. The lowest BCUT2D eigenvalue weighted by molar-refractivity contribution is 0.0935. The highest BCUT2D eigenvalue weighted by molar-refractivity contribution is 6.33. The smallest absolute Gasteiger partial charge is 0.253 e. The van der Waals surface area contributed by atoms with Crippen molar-refractivity contribution in [3.05, 3.63) is 101 Å². The maximum Gasteiger partial charge on any atom is 0.253 e. The summed E-state index contributed by atoms with van der Waals surface area (Å²) in [5, 5.41) is 3.51. The summed E-state index contributed by atoms with van der Waals surface area (Å²) in [5.74, 6) is 0.502. The van der Waals surface area contributed by atoms with E-state index in [0.717, 1.165) is 22.4 Å². The highest BCUT2D eigenvalue weighted by atomic mass is 35.5. The predicted octanol–water partition coefficient (Wildman–Crippen LogP) is 4.93. The molecule has 0 aliphatic carbocycles. The van der Waals surface area contributed by atoms with E-state index in [0.29, 0.717) is 17.0 Å². The van der Waals surface area contributed by atoms with Crippen molar-refractivity contribution in [1.29, 1.82) is 0 Å². The lowest BCUT2D eigenvalue weighted by atomic mass is 10.0. The molecule has 1 amide bonds. The molecule has 4 rings (SSSR count). The molecule has 27 heavy (non-hydrogen) atoms. The van der Waals surface area contributed by atoms with Gasteiger partial charge >= 0.3 is 0 Å². The first-order chi connectivity index (χ1) is 13.2. The second-order valence-electron chi connectivity index (χ2n) is 6.33. The van der Waals surface area contributed by atoms with E-state index in [1.54, 1.807) is 24.3 Å². The minimum absolute atomic E-state index is 0.220. The molecule has 2 N–H and O–H groups in total. The number of imidazole rings is 1. The second kappa shape index (κ2) is 7.64. The first kappa shape index (κ1) is 17.3. The molecule has 0 saturated carbocycles. The van der Waals surface area contributed by atoms with E-state index >= 15 is 0 Å². The van der Waals surface area contributed by atoms with Gasteiger partial charge in [-0.1, -0.05) is 66.2 Å². The zero-order chi connectivity index (χ0) is 18.6. The van der Waals surface area contributed by atoms with Gasteiger partial charge in [0.1, 0.15) is 5.82 Å². The van der Waals surface area contributed by atoms with Crippen molar-refractivity contribution in [1.82, 2.24) is 15.3 Å². The Hall–Kier alpha value is -3.11. The molecule has 5 heteroatoms. The van der Waals surface area contributed by atoms with Crippen LogP contribution in [-0.4, -0.2) is 15.9 Å². The zero-order valence-corrected chi connectivity index (χ0v) is 15.3. The fourth-order valence-electron chi connectivity index (χ4n) is 3.08. The molecule has 0 bridgehead atoms. The number of H-pyrrole nitrogens is 1. The van der Waals surface area contributed by atoms with Gasteiger partial charge in [-0.15, -0.1) is 0 Å². The number of carbonyl (C=O) groups excluding carboxylic acids is 1. The van der Waals surface area contributed by atoms with E-state index in [4.69, 9.17) is 11.6 Å². The number of hydrogen-bond donors (Lipinski definition) is 2. The lowest BCUT2D eigenvalue weighted by Gasteiger charge is -2.17. The summed E-state index contributed by atoms with van der Waals surface area (Å²) in [6.07, 6.45) is 0.622. The maximum atomic E-state index is 12.8. The first-order valence-corrected chi connectivity index (χ1v) is 9.12. The van der Waals surface area contributed by atoms with Gasteiger partial charge in [0.2, 0.25) is 0 Å². The third kappa shape index (κ3) is 3.86. The molecule has 1 unspecified atom stereocenters. The molecule has 134 valence electrons. The number of nitrogens with one attached hydrogen (secondary N) is 2. The Morgan fingerprint density at radius 2 is 1.67 bits per heavy atom. The number of amides is 1. The average molecular weight is 376 g/mol. The number of carbonyl (C=O) groups is 1. The van der Waals surface area contributed by atoms with Crippen LogP contribution in [0.15, 0.2) is 78.9 Å². The molecule has 0 aliphatic heterocycles. The highest BCUT2D eigenvalue weighted by Crippen LogP contribution is 2.22. The SMILES string of the molecule is O=C(NC(Cc1ccccc1)c1nc2ccccc2[nH]1)c1ccccc1Cl. The summed E-state index contributed by atoms with van der Waals surface area (Å²) in [6, 6.07) is 24.6. The normalized spacial score (nSPS) is 12.0. The molecule has 0 aliphatic rings. The van der Waals surface area contributed by atoms with Gasteiger partial charge in [0.15, 0.2) is 0 Å². The Morgan fingerprint density at radius 3 is 2.44 bits per heavy atom. The minimum atomic E-state index is -0.302. The molecule has 4 aromatic rings. The van der Waals surface area contributed by atoms with Gasteiger partial charge in [0.25, 0.3) is 5.91 Å². The third-order valence-electron chi connectivity index (χ3n) is 4.44. The third-order valence-corrected chi connectivity index (χ3v) is 4.77. The fourth-order valence-corrected chi connectivity index (χ4v) is 3.31. The number of hydrogen-bond acceptors (Lipinski definition) is 2. The summed E-state index contributed by atoms with van der Waals surface area (Å²) in [5.41, 5.74) is 3.38. The van der Waals surface area contributed by atoms with Crippen molar-refractivity contribution in [2.75, 3.05) is 0 Å². The standard InChI is InChI=1S/C22H18ClN3O/c23-17-11-5-4-10-16(17)22(27)26-20(14-15-8-2-1-3-9-15)21-24-18-12-6-7-13-19(18)25-21/h1-13,20H,14H2,(H,24,25)(H,26,27). The van der Waals surface area contributed by atoms with E-state index in [1.807, 2.05) is 54.6 Å². The Labute approximate surface area is 162 Å². The topological polar surface area (TPSA) is 57.8 Å². The molecule has 0 radical (unpaired) electrons. The fraction of sp³-hybridized carbons (Fsp3) is 0.0909. The summed E-state index contributed by atoms with van der Waals surface area (Å²) in [6.45, 7) is 0. The van der Waals surface area contributed by atoms with Crippen molar-refractivity contribution in [2.24, 2.45) is 0 Å². The van der Waals surface area contributed by atoms with Crippen LogP contribution in [0.5, 0.6) is 0 Å². The molecule has 0 fully saturated rings. The number of aromatic amines is 1. The Bertz CT molecular complexity index is 1040. The van der Waals surface area contributed by atoms with Crippen LogP contribution in [0.4, 0.5) is 0 Å². The molecule has 0 spiro atoms. The van der Waals surface area contributed by atoms with Crippen LogP contribution in [0, 0.1) is 0 Å². The second-order valence-corrected chi connectivity index (χ2v) is 6.74. The van der Waals surface area contributed by atoms with E-state index < -0.39 is 0 Å². The quantitative estimate of drug-likeness (QED) is 0.519. The molecular weight excluding hydrogens is 358 g/mol. The molecular formula is C22H18ClN3O. The van der Waals surface area contributed by atoms with Crippen molar-refractivity contribution >= 4 is 28.5 Å². The van der Waals surface area contributed by atoms with Gasteiger partial charge in [-0.3, -0.25) is 4.79 Å². The van der Waals surface area contributed by atoms with Crippen LogP contribution in [0.1, 0.15) is 27.8 Å². The molecule has 1 aromatic heterocycles. The zero-order valence-electron chi connectivity index (χ0n) is 14.5. The molecule has 0 saturated heterocycles. The van der Waals surface area contributed by atoms with E-state index in [1.165, 1.54) is 0 Å². The average Bonchev–Trinajstić information content (AvgIpc) is 3.13. The minimum Gasteiger partial charge on any atom is -0.342 e. The van der Waals surface area contributed by atoms with Gasteiger partial charge in [-0.05, 0) is 36.2 Å². The summed E-state index contributed by atoms with van der Waals surface area (Å²) < 4.78 is 0. The van der Waals surface area contributed by atoms with E-state index in [-0.39, 0.29) is 11.9 Å². The number of aromatic nitrogens is 2. The van der Waals surface area contributed by atoms with Crippen LogP contribution in [0.2, 0.25) is 5.02 Å². The largest absolute Gasteiger partial charge is 0.342 e.